The molecule has 1 heterocycles. The maximum Gasteiger partial charge on any atom is 0.263 e. The molecule has 1 aromatic heterocycles. The van der Waals surface area contributed by atoms with Crippen molar-refractivity contribution in [1.82, 2.24) is 10.2 Å². The standard InChI is InChI=1S/C19H16Cl2N4O3S2/c1-12(29-15-6-2-13(20)3-7-15)19(26)22-14-4-8-16(9-5-14)30(27,28)25-18-11-10-17(21)23-24-18/h2-12H,1H3,(H,22,26)(H,24,25). The van der Waals surface area contributed by atoms with Gasteiger partial charge in [-0.3, -0.25) is 9.52 Å². The highest BCUT2D eigenvalue weighted by molar-refractivity contribution is 8.00. The Balaban J connectivity index is 1.62. The normalized spacial score (nSPS) is 12.2. The molecule has 30 heavy (non-hydrogen) atoms. The number of anilines is 2. The number of hydrogen-bond acceptors (Lipinski definition) is 6. The van der Waals surface area contributed by atoms with Gasteiger partial charge in [0.25, 0.3) is 10.0 Å². The first kappa shape index (κ1) is 22.4. The number of hydrogen-bond donors (Lipinski definition) is 2. The van der Waals surface area contributed by atoms with Gasteiger partial charge in [0.1, 0.15) is 0 Å². The molecule has 0 aliphatic heterocycles. The van der Waals surface area contributed by atoms with Crippen molar-refractivity contribution >= 4 is 62.4 Å². The molecule has 0 bridgehead atoms. The van der Waals surface area contributed by atoms with Gasteiger partial charge in [0, 0.05) is 15.6 Å². The Labute approximate surface area is 188 Å². The van der Waals surface area contributed by atoms with E-state index >= 15 is 0 Å². The Morgan fingerprint density at radius 1 is 0.967 bits per heavy atom. The average molecular weight is 483 g/mol. The first-order valence-electron chi connectivity index (χ1n) is 8.58. The molecular weight excluding hydrogens is 467 g/mol. The predicted molar refractivity (Wildman–Crippen MR) is 120 cm³/mol. The average Bonchev–Trinajstić information content (AvgIpc) is 2.71. The number of sulfonamides is 1. The topological polar surface area (TPSA) is 101 Å². The van der Waals surface area contributed by atoms with Crippen LogP contribution in [0, 0.1) is 0 Å². The number of amides is 1. The number of nitrogens with zero attached hydrogens (tertiary/aromatic N) is 2. The fourth-order valence-electron chi connectivity index (χ4n) is 2.30. The van der Waals surface area contributed by atoms with Crippen LogP contribution in [0.15, 0.2) is 70.5 Å². The van der Waals surface area contributed by atoms with Crippen LogP contribution >= 0.6 is 35.0 Å². The molecule has 11 heteroatoms. The lowest BCUT2D eigenvalue weighted by Gasteiger charge is -2.13. The number of halogens is 2. The summed E-state index contributed by atoms with van der Waals surface area (Å²) in [5.41, 5.74) is 0.480. The van der Waals surface area contributed by atoms with E-state index in [4.69, 9.17) is 23.2 Å². The molecule has 0 aliphatic carbocycles. The zero-order chi connectivity index (χ0) is 21.7. The second kappa shape index (κ2) is 9.65. The molecule has 1 atom stereocenters. The number of rotatable bonds is 7. The summed E-state index contributed by atoms with van der Waals surface area (Å²) in [6.45, 7) is 1.78. The lowest BCUT2D eigenvalue weighted by atomic mass is 10.3. The molecule has 2 aromatic carbocycles. The molecule has 3 rings (SSSR count). The predicted octanol–water partition coefficient (Wildman–Crippen LogP) is 4.70. The van der Waals surface area contributed by atoms with Crippen LogP contribution in [0.2, 0.25) is 10.2 Å². The van der Waals surface area contributed by atoms with Gasteiger partial charge in [0.2, 0.25) is 5.91 Å². The molecule has 0 spiro atoms. The van der Waals surface area contributed by atoms with Gasteiger partial charge in [0.05, 0.1) is 10.1 Å². The SMILES string of the molecule is CC(Sc1ccc(Cl)cc1)C(=O)Nc1ccc(S(=O)(=O)Nc2ccc(Cl)nn2)cc1. The molecule has 0 fully saturated rings. The maximum absolute atomic E-state index is 12.4. The lowest BCUT2D eigenvalue weighted by Crippen LogP contribution is -2.22. The highest BCUT2D eigenvalue weighted by Gasteiger charge is 2.17. The quantitative estimate of drug-likeness (QED) is 0.473. The van der Waals surface area contributed by atoms with E-state index in [9.17, 15) is 13.2 Å². The van der Waals surface area contributed by atoms with Crippen LogP contribution in [0.25, 0.3) is 0 Å². The number of carbonyl (C=O) groups is 1. The molecular formula is C19H16Cl2N4O3S2. The summed E-state index contributed by atoms with van der Waals surface area (Å²) >= 11 is 12.9. The van der Waals surface area contributed by atoms with Gasteiger partial charge in [-0.1, -0.05) is 23.2 Å². The molecule has 7 nitrogen and oxygen atoms in total. The monoisotopic (exact) mass is 482 g/mol. The van der Waals surface area contributed by atoms with Crippen molar-refractivity contribution in [2.45, 2.75) is 22.0 Å². The largest absolute Gasteiger partial charge is 0.325 e. The maximum atomic E-state index is 12.4. The first-order valence-corrected chi connectivity index (χ1v) is 11.7. The van der Waals surface area contributed by atoms with Crippen molar-refractivity contribution in [3.8, 4) is 0 Å². The van der Waals surface area contributed by atoms with Gasteiger partial charge in [0.15, 0.2) is 11.0 Å². The summed E-state index contributed by atoms with van der Waals surface area (Å²) in [5, 5.41) is 10.4. The molecule has 0 aliphatic rings. The molecule has 0 saturated carbocycles. The molecule has 2 N–H and O–H groups in total. The van der Waals surface area contributed by atoms with Crippen LogP contribution in [0.4, 0.5) is 11.5 Å². The molecule has 3 aromatic rings. The Hall–Kier alpha value is -2.33. The third-order valence-electron chi connectivity index (χ3n) is 3.80. The van der Waals surface area contributed by atoms with E-state index in [0.29, 0.717) is 10.7 Å². The summed E-state index contributed by atoms with van der Waals surface area (Å²) in [5.74, 6) is -0.162. The van der Waals surface area contributed by atoms with E-state index in [1.165, 1.54) is 48.2 Å². The molecule has 1 amide bonds. The summed E-state index contributed by atoms with van der Waals surface area (Å²) < 4.78 is 27.2. The van der Waals surface area contributed by atoms with Crippen LogP contribution in [0.1, 0.15) is 6.92 Å². The minimum atomic E-state index is -3.86. The van der Waals surface area contributed by atoms with Gasteiger partial charge in [-0.05, 0) is 67.6 Å². The van der Waals surface area contributed by atoms with Gasteiger partial charge in [-0.25, -0.2) is 8.42 Å². The Morgan fingerprint density at radius 3 is 2.23 bits per heavy atom. The van der Waals surface area contributed by atoms with E-state index < -0.39 is 10.0 Å². The van der Waals surface area contributed by atoms with Gasteiger partial charge in [-0.15, -0.1) is 22.0 Å². The van der Waals surface area contributed by atoms with Crippen LogP contribution in [-0.2, 0) is 14.8 Å². The Kier molecular flexibility index (Phi) is 7.19. The molecule has 0 radical (unpaired) electrons. The van der Waals surface area contributed by atoms with Crippen molar-refractivity contribution in [3.05, 3.63) is 70.8 Å². The van der Waals surface area contributed by atoms with Crippen molar-refractivity contribution in [3.63, 3.8) is 0 Å². The molecule has 0 saturated heterocycles. The van der Waals surface area contributed by atoms with E-state index in [-0.39, 0.29) is 27.0 Å². The van der Waals surface area contributed by atoms with Crippen molar-refractivity contribution in [2.75, 3.05) is 10.0 Å². The fourth-order valence-corrected chi connectivity index (χ4v) is 4.39. The van der Waals surface area contributed by atoms with Crippen LogP contribution in [-0.4, -0.2) is 29.8 Å². The summed E-state index contributed by atoms with van der Waals surface area (Å²) in [6, 6.07) is 15.8. The Morgan fingerprint density at radius 2 is 1.63 bits per heavy atom. The second-order valence-corrected chi connectivity index (χ2v) is 9.99. The van der Waals surface area contributed by atoms with Crippen molar-refractivity contribution in [2.24, 2.45) is 0 Å². The minimum Gasteiger partial charge on any atom is -0.325 e. The van der Waals surface area contributed by atoms with Crippen LogP contribution in [0.3, 0.4) is 0 Å². The lowest BCUT2D eigenvalue weighted by molar-refractivity contribution is -0.115. The minimum absolute atomic E-state index is 0.0147. The third-order valence-corrected chi connectivity index (χ3v) is 6.73. The first-order chi connectivity index (χ1) is 14.2. The zero-order valence-electron chi connectivity index (χ0n) is 15.5. The smallest absolute Gasteiger partial charge is 0.263 e. The zero-order valence-corrected chi connectivity index (χ0v) is 18.7. The fraction of sp³-hybridized carbons (Fsp3) is 0.105. The van der Waals surface area contributed by atoms with Crippen LogP contribution in [0.5, 0.6) is 0 Å². The number of aromatic nitrogens is 2. The van der Waals surface area contributed by atoms with Crippen molar-refractivity contribution < 1.29 is 13.2 Å². The van der Waals surface area contributed by atoms with Gasteiger partial charge in [-0.2, -0.15) is 0 Å². The van der Waals surface area contributed by atoms with E-state index in [2.05, 4.69) is 20.2 Å². The molecule has 1 unspecified atom stereocenters. The number of carbonyl (C=O) groups excluding carboxylic acids is 1. The highest BCUT2D eigenvalue weighted by atomic mass is 35.5. The summed E-state index contributed by atoms with van der Waals surface area (Å²) in [7, 11) is -3.86. The Bertz CT molecular complexity index is 1120. The van der Waals surface area contributed by atoms with Crippen molar-refractivity contribution in [1.29, 1.82) is 0 Å². The third kappa shape index (κ3) is 6.09. The summed E-state index contributed by atoms with van der Waals surface area (Å²) in [4.78, 5) is 13.4. The number of nitrogens with one attached hydrogen (secondary N) is 2. The summed E-state index contributed by atoms with van der Waals surface area (Å²) in [6.07, 6.45) is 0. The van der Waals surface area contributed by atoms with E-state index in [1.807, 2.05) is 12.1 Å². The highest BCUT2D eigenvalue weighted by Crippen LogP contribution is 2.26. The van der Waals surface area contributed by atoms with E-state index in [1.54, 1.807) is 19.1 Å². The number of thioether (sulfide) groups is 1. The number of benzene rings is 2. The van der Waals surface area contributed by atoms with Crippen LogP contribution < -0.4 is 10.0 Å². The van der Waals surface area contributed by atoms with Gasteiger partial charge >= 0.3 is 0 Å². The van der Waals surface area contributed by atoms with E-state index in [0.717, 1.165) is 4.90 Å². The molecule has 156 valence electrons. The second-order valence-electron chi connectivity index (χ2n) is 6.07. The van der Waals surface area contributed by atoms with Gasteiger partial charge < -0.3 is 5.32 Å².